The average molecular weight is 368 g/mol. The Labute approximate surface area is 151 Å². The number of fused-ring (bicyclic) bond motifs is 4. The molecular weight excluding hydrogens is 349 g/mol. The van der Waals surface area contributed by atoms with Crippen molar-refractivity contribution >= 4 is 46.6 Å². The molecule has 7 heteroatoms. The summed E-state index contributed by atoms with van der Waals surface area (Å²) in [4.78, 5) is 30.3. The van der Waals surface area contributed by atoms with Crippen molar-refractivity contribution in [3.8, 4) is 0 Å². The summed E-state index contributed by atoms with van der Waals surface area (Å²) in [5.74, 6) is -0.534. The highest BCUT2D eigenvalue weighted by atomic mass is 35.5. The van der Waals surface area contributed by atoms with Crippen LogP contribution in [-0.2, 0) is 4.79 Å². The summed E-state index contributed by atoms with van der Waals surface area (Å²) in [5, 5.41) is 4.17. The van der Waals surface area contributed by atoms with E-state index in [0.29, 0.717) is 21.9 Å². The average Bonchev–Trinajstić information content (AvgIpc) is 2.98. The highest BCUT2D eigenvalue weighted by molar-refractivity contribution is 6.45. The molecule has 3 aliphatic rings. The number of hydrogen-bond acceptors (Lipinski definition) is 3. The van der Waals surface area contributed by atoms with E-state index >= 15 is 0 Å². The van der Waals surface area contributed by atoms with E-state index in [1.807, 2.05) is 0 Å². The van der Waals surface area contributed by atoms with Gasteiger partial charge in [0, 0.05) is 34.7 Å². The number of carbonyl (C=O) groups excluding carboxylic acids is 2. The third-order valence-corrected chi connectivity index (χ3v) is 5.30. The second-order valence-corrected chi connectivity index (χ2v) is 6.88. The number of amides is 1. The van der Waals surface area contributed by atoms with Crippen LogP contribution in [0.2, 0.25) is 5.02 Å². The van der Waals surface area contributed by atoms with Gasteiger partial charge in [0.2, 0.25) is 0 Å². The Bertz CT molecular complexity index is 781. The Balaban J connectivity index is 0.00000169. The summed E-state index contributed by atoms with van der Waals surface area (Å²) in [7, 11) is 0. The van der Waals surface area contributed by atoms with E-state index in [9.17, 15) is 9.59 Å². The number of hydrogen-bond donors (Lipinski definition) is 2. The number of piperidine rings is 3. The van der Waals surface area contributed by atoms with E-state index in [4.69, 9.17) is 11.6 Å². The topological polar surface area (TPSA) is 65.2 Å². The van der Waals surface area contributed by atoms with Gasteiger partial charge in [0.15, 0.2) is 0 Å². The molecule has 1 atom stereocenters. The predicted octanol–water partition coefficient (Wildman–Crippen LogP) is 2.64. The zero-order valence-corrected chi connectivity index (χ0v) is 14.6. The number of Topliss-reactive ketones (excluding diaryl/α,β-unsaturated/α-hetero) is 1. The van der Waals surface area contributed by atoms with Gasteiger partial charge < -0.3 is 15.2 Å². The summed E-state index contributed by atoms with van der Waals surface area (Å²) in [5.41, 5.74) is 1.18. The number of aromatic amines is 1. The summed E-state index contributed by atoms with van der Waals surface area (Å²) in [6.45, 7) is 3.06. The molecule has 0 radical (unpaired) electrons. The molecule has 5 nitrogen and oxygen atoms in total. The van der Waals surface area contributed by atoms with E-state index in [2.05, 4.69) is 15.2 Å². The van der Waals surface area contributed by atoms with Gasteiger partial charge in [-0.1, -0.05) is 11.6 Å². The molecule has 3 saturated heterocycles. The minimum absolute atomic E-state index is 0. The van der Waals surface area contributed by atoms with Gasteiger partial charge in [-0.05, 0) is 50.0 Å². The molecule has 5 rings (SSSR count). The molecule has 3 fully saturated rings. The molecule has 4 heterocycles. The monoisotopic (exact) mass is 367 g/mol. The van der Waals surface area contributed by atoms with Crippen LogP contribution in [0, 0.1) is 5.92 Å². The minimum Gasteiger partial charge on any atom is -0.360 e. The molecule has 128 valence electrons. The number of rotatable bonds is 3. The van der Waals surface area contributed by atoms with Crippen LogP contribution in [0.3, 0.4) is 0 Å². The first-order valence-electron chi connectivity index (χ1n) is 7.96. The van der Waals surface area contributed by atoms with Gasteiger partial charge in [0.1, 0.15) is 0 Å². The maximum atomic E-state index is 12.5. The fourth-order valence-electron chi connectivity index (χ4n) is 3.77. The van der Waals surface area contributed by atoms with Crippen LogP contribution in [0.15, 0.2) is 24.4 Å². The fraction of sp³-hybridized carbons (Fsp3) is 0.412. The van der Waals surface area contributed by atoms with Crippen molar-refractivity contribution in [3.05, 3.63) is 35.0 Å². The molecule has 2 bridgehead atoms. The number of nitrogens with one attached hydrogen (secondary N) is 2. The van der Waals surface area contributed by atoms with Crippen LogP contribution in [0.4, 0.5) is 0 Å². The van der Waals surface area contributed by atoms with Crippen LogP contribution < -0.4 is 5.32 Å². The first-order valence-corrected chi connectivity index (χ1v) is 8.34. The van der Waals surface area contributed by atoms with E-state index in [-0.39, 0.29) is 18.4 Å². The molecule has 2 N–H and O–H groups in total. The van der Waals surface area contributed by atoms with Crippen molar-refractivity contribution in [1.29, 1.82) is 0 Å². The number of benzene rings is 1. The molecule has 1 amide bonds. The summed E-state index contributed by atoms with van der Waals surface area (Å²) < 4.78 is 0. The molecule has 3 aliphatic heterocycles. The number of carbonyl (C=O) groups is 2. The molecule has 0 spiro atoms. The lowest BCUT2D eigenvalue weighted by atomic mass is 9.84. The third kappa shape index (κ3) is 3.04. The number of halogens is 2. The number of aromatic nitrogens is 1. The summed E-state index contributed by atoms with van der Waals surface area (Å²) in [6, 6.07) is 5.35. The van der Waals surface area contributed by atoms with Crippen LogP contribution in [-0.4, -0.2) is 47.3 Å². The van der Waals surface area contributed by atoms with Crippen LogP contribution in [0.5, 0.6) is 0 Å². The highest BCUT2D eigenvalue weighted by Gasteiger charge is 2.36. The SMILES string of the molecule is Cl.O=C(N[C@@H]1CN2CCC1CC2)C(=O)c1c[nH]c2ccc(Cl)cc12. The largest absolute Gasteiger partial charge is 0.360 e. The van der Waals surface area contributed by atoms with Gasteiger partial charge >= 0.3 is 0 Å². The lowest BCUT2D eigenvalue weighted by molar-refractivity contribution is -0.119. The van der Waals surface area contributed by atoms with Gasteiger partial charge in [-0.3, -0.25) is 9.59 Å². The van der Waals surface area contributed by atoms with Crippen molar-refractivity contribution < 1.29 is 9.59 Å². The Morgan fingerprint density at radius 2 is 2.00 bits per heavy atom. The third-order valence-electron chi connectivity index (χ3n) is 5.07. The standard InChI is InChI=1S/C17H18ClN3O2.ClH/c18-11-1-2-14-12(7-11)13(8-19-14)16(22)17(23)20-15-9-21-5-3-10(15)4-6-21;/h1-2,7-8,10,15,19H,3-6,9H2,(H,20,23);1H/t15-;/m1./s1. The van der Waals surface area contributed by atoms with Gasteiger partial charge in [-0.25, -0.2) is 0 Å². The minimum atomic E-state index is -0.523. The van der Waals surface area contributed by atoms with Crippen molar-refractivity contribution in [1.82, 2.24) is 15.2 Å². The smallest absolute Gasteiger partial charge is 0.292 e. The van der Waals surface area contributed by atoms with E-state index in [1.54, 1.807) is 24.4 Å². The summed E-state index contributed by atoms with van der Waals surface area (Å²) in [6.07, 6.45) is 3.78. The molecule has 1 aromatic carbocycles. The maximum absolute atomic E-state index is 12.5. The van der Waals surface area contributed by atoms with E-state index < -0.39 is 11.7 Å². The zero-order chi connectivity index (χ0) is 16.0. The van der Waals surface area contributed by atoms with E-state index in [0.717, 1.165) is 38.0 Å². The molecule has 0 saturated carbocycles. The predicted molar refractivity (Wildman–Crippen MR) is 96.0 cm³/mol. The first kappa shape index (κ1) is 17.3. The van der Waals surface area contributed by atoms with Crippen LogP contribution in [0.1, 0.15) is 23.2 Å². The lowest BCUT2D eigenvalue weighted by Gasteiger charge is -2.44. The number of H-pyrrole nitrogens is 1. The molecule has 0 aliphatic carbocycles. The van der Waals surface area contributed by atoms with Crippen molar-refractivity contribution in [2.24, 2.45) is 5.92 Å². The molecule has 1 aromatic heterocycles. The molecule has 0 unspecified atom stereocenters. The van der Waals surface area contributed by atoms with Crippen LogP contribution in [0.25, 0.3) is 10.9 Å². The molecular formula is C17H19Cl2N3O2. The normalized spacial score (nSPS) is 25.3. The molecule has 24 heavy (non-hydrogen) atoms. The van der Waals surface area contributed by atoms with Gasteiger partial charge in [0.05, 0.1) is 5.56 Å². The van der Waals surface area contributed by atoms with Crippen molar-refractivity contribution in [3.63, 3.8) is 0 Å². The van der Waals surface area contributed by atoms with E-state index in [1.165, 1.54) is 0 Å². The Hall–Kier alpha value is -1.56. The van der Waals surface area contributed by atoms with Gasteiger partial charge in [0.25, 0.3) is 11.7 Å². The first-order chi connectivity index (χ1) is 11.1. The second kappa shape index (κ2) is 6.75. The number of nitrogens with zero attached hydrogens (tertiary/aromatic N) is 1. The second-order valence-electron chi connectivity index (χ2n) is 6.44. The van der Waals surface area contributed by atoms with Crippen LogP contribution >= 0.6 is 24.0 Å². The quantitative estimate of drug-likeness (QED) is 0.647. The Morgan fingerprint density at radius 1 is 1.25 bits per heavy atom. The van der Waals surface area contributed by atoms with Gasteiger partial charge in [-0.2, -0.15) is 0 Å². The fourth-order valence-corrected chi connectivity index (χ4v) is 3.94. The van der Waals surface area contributed by atoms with Crippen molar-refractivity contribution in [2.45, 2.75) is 18.9 Å². The Morgan fingerprint density at radius 3 is 2.67 bits per heavy atom. The Kier molecular flexibility index (Phi) is 4.85. The number of ketones is 1. The van der Waals surface area contributed by atoms with Gasteiger partial charge in [-0.15, -0.1) is 12.4 Å². The zero-order valence-electron chi connectivity index (χ0n) is 13.0. The maximum Gasteiger partial charge on any atom is 0.292 e. The lowest BCUT2D eigenvalue weighted by Crippen LogP contribution is -2.58. The molecule has 2 aromatic rings. The highest BCUT2D eigenvalue weighted by Crippen LogP contribution is 2.28. The summed E-state index contributed by atoms with van der Waals surface area (Å²) >= 11 is 6.00. The van der Waals surface area contributed by atoms with Crippen molar-refractivity contribution in [2.75, 3.05) is 19.6 Å².